The minimum atomic E-state index is -4.12. The van der Waals surface area contributed by atoms with Gasteiger partial charge in [-0.25, -0.2) is 0 Å². The van der Waals surface area contributed by atoms with Gasteiger partial charge < -0.3 is 0 Å². The van der Waals surface area contributed by atoms with Gasteiger partial charge in [-0.3, -0.25) is 0 Å². The summed E-state index contributed by atoms with van der Waals surface area (Å²) < 4.78 is 29.2. The van der Waals surface area contributed by atoms with Crippen LogP contribution in [0.1, 0.15) is 0 Å². The molecule has 0 amide bonds. The summed E-state index contributed by atoms with van der Waals surface area (Å²) in [6.45, 7) is 0. The highest BCUT2D eigenvalue weighted by Crippen LogP contribution is 2.39. The maximum absolute atomic E-state index is 9.73. The minimum absolute atomic E-state index is 4.12. The fourth-order valence-corrected chi connectivity index (χ4v) is 0. The molecule has 4 heavy (non-hydrogen) atoms. The summed E-state index contributed by atoms with van der Waals surface area (Å²) in [6, 6.07) is 0. The van der Waals surface area contributed by atoms with Crippen LogP contribution in [0.3, 0.4) is 0 Å². The van der Waals surface area contributed by atoms with Gasteiger partial charge in [0.15, 0.2) is 0 Å². The Hall–Kier alpha value is 0.220. The van der Waals surface area contributed by atoms with Crippen molar-refractivity contribution in [3.05, 3.63) is 0 Å². The van der Waals surface area contributed by atoms with Crippen LogP contribution in [0.5, 0.6) is 0 Å². The molecule has 0 bridgehead atoms. The van der Waals surface area contributed by atoms with Crippen LogP contribution < -0.4 is 0 Å². The lowest BCUT2D eigenvalue weighted by Gasteiger charge is -1.61. The van der Waals surface area contributed by atoms with E-state index < -0.39 is 8.85 Å². The predicted molar refractivity (Wildman–Crippen MR) is 10.2 cm³/mol. The topological polar surface area (TPSA) is 0 Å². The standard InChI is InChI=1S/F3P/c1-4(2)3. The van der Waals surface area contributed by atoms with E-state index in [4.69, 9.17) is 0 Å². The van der Waals surface area contributed by atoms with E-state index in [1.807, 2.05) is 0 Å². The molecule has 4 heteroatoms. The fourth-order valence-electron chi connectivity index (χ4n) is 0. The second-order valence-electron chi connectivity index (χ2n) is 0.192. The van der Waals surface area contributed by atoms with Crippen molar-refractivity contribution in [1.29, 1.82) is 0 Å². The third-order valence-electron chi connectivity index (χ3n) is 0. The third-order valence-corrected chi connectivity index (χ3v) is 0. The molecule has 0 saturated heterocycles. The van der Waals surface area contributed by atoms with Crippen LogP contribution in [0.25, 0.3) is 0 Å². The Morgan fingerprint density at radius 1 is 1.00 bits per heavy atom. The maximum atomic E-state index is 9.73. The average molecular weight is 88.0 g/mol. The first-order valence-electron chi connectivity index (χ1n) is 0.507. The van der Waals surface area contributed by atoms with Crippen LogP contribution in [0.15, 0.2) is 0 Å². The number of rotatable bonds is 0. The van der Waals surface area contributed by atoms with E-state index in [-0.39, 0.29) is 0 Å². The highest BCUT2D eigenvalue weighted by Gasteiger charge is 1.91. The Kier molecular flexibility index (Phi) is 1.61. The first kappa shape index (κ1) is 4.22. The predicted octanol–water partition coefficient (Wildman–Crippen LogP) is 2.12. The van der Waals surface area contributed by atoms with Crippen LogP contribution in [-0.2, 0) is 0 Å². The molecular formula is F3P. The maximum Gasteiger partial charge on any atom is 0.456 e. The zero-order chi connectivity index (χ0) is 3.58. The minimum Gasteiger partial charge on any atom is -0.152 e. The molecule has 0 unspecified atom stereocenters. The summed E-state index contributed by atoms with van der Waals surface area (Å²) in [5.41, 5.74) is 0. The molecule has 0 fully saturated rings. The van der Waals surface area contributed by atoms with E-state index in [1.165, 1.54) is 0 Å². The molecule has 0 spiro atoms. The molecule has 0 aliphatic heterocycles. The molecule has 0 aliphatic carbocycles. The van der Waals surface area contributed by atoms with Gasteiger partial charge in [-0.05, 0) is 0 Å². The van der Waals surface area contributed by atoms with E-state index >= 15 is 0 Å². The molecular weight excluding hydrogens is 88.0 g/mol. The molecule has 0 N–H and O–H groups in total. The summed E-state index contributed by atoms with van der Waals surface area (Å²) in [7, 11) is -4.12. The van der Waals surface area contributed by atoms with Crippen molar-refractivity contribution in [1.82, 2.24) is 0 Å². The van der Waals surface area contributed by atoms with Gasteiger partial charge in [0.2, 0.25) is 0 Å². The third kappa shape index (κ3) is 68.3. The van der Waals surface area contributed by atoms with E-state index in [0.717, 1.165) is 0 Å². The number of halogens is 3. The molecule has 0 rings (SSSR count). The van der Waals surface area contributed by atoms with Gasteiger partial charge in [-0.1, -0.05) is 0 Å². The molecule has 0 radical (unpaired) electrons. The molecule has 0 nitrogen and oxygen atoms in total. The van der Waals surface area contributed by atoms with E-state index in [9.17, 15) is 12.6 Å². The summed E-state index contributed by atoms with van der Waals surface area (Å²) in [6.07, 6.45) is 0. The normalized spacial score (nSPS) is 9.00. The summed E-state index contributed by atoms with van der Waals surface area (Å²) in [5, 5.41) is 0. The van der Waals surface area contributed by atoms with Gasteiger partial charge >= 0.3 is 8.85 Å². The Labute approximate surface area is 22.7 Å². The van der Waals surface area contributed by atoms with E-state index in [2.05, 4.69) is 0 Å². The van der Waals surface area contributed by atoms with Crippen LogP contribution in [-0.4, -0.2) is 0 Å². The number of hydrogen-bond donors (Lipinski definition) is 0. The van der Waals surface area contributed by atoms with Gasteiger partial charge in [-0.15, -0.1) is 0 Å². The molecule has 0 heterocycles. The Morgan fingerprint density at radius 3 is 1.00 bits per heavy atom. The highest BCUT2D eigenvalue weighted by atomic mass is 31.2. The fraction of sp³-hybridized carbons (Fsp3) is 0. The highest BCUT2D eigenvalue weighted by molar-refractivity contribution is 7.40. The smallest absolute Gasteiger partial charge is 0.152 e. The summed E-state index contributed by atoms with van der Waals surface area (Å²) in [5.74, 6) is 0. The van der Waals surface area contributed by atoms with Crippen LogP contribution in [0, 0.1) is 0 Å². The zero-order valence-corrected chi connectivity index (χ0v) is 2.48. The van der Waals surface area contributed by atoms with Crippen molar-refractivity contribution in [2.75, 3.05) is 0 Å². The first-order valence-corrected chi connectivity index (χ1v) is 1.52. The molecule has 0 aliphatic rings. The molecule has 0 atom stereocenters. The van der Waals surface area contributed by atoms with Crippen LogP contribution >= 0.6 is 8.85 Å². The molecule has 0 saturated carbocycles. The van der Waals surface area contributed by atoms with E-state index in [0.29, 0.717) is 0 Å². The lowest BCUT2D eigenvalue weighted by molar-refractivity contribution is 0.633. The number of hydrogen-bond acceptors (Lipinski definition) is 0. The molecule has 0 aromatic carbocycles. The quantitative estimate of drug-likeness (QED) is 0.398. The Balaban J connectivity index is 2.32. The molecule has 0 aromatic rings. The van der Waals surface area contributed by atoms with Gasteiger partial charge in [0, 0.05) is 0 Å². The Morgan fingerprint density at radius 2 is 1.00 bits per heavy atom. The van der Waals surface area contributed by atoms with Crippen LogP contribution in [0.4, 0.5) is 12.6 Å². The second-order valence-corrected chi connectivity index (χ2v) is 0.575. The van der Waals surface area contributed by atoms with Crippen LogP contribution in [0.2, 0.25) is 0 Å². The van der Waals surface area contributed by atoms with Crippen molar-refractivity contribution in [3.63, 3.8) is 0 Å². The summed E-state index contributed by atoms with van der Waals surface area (Å²) >= 11 is 0. The lowest BCUT2D eigenvalue weighted by Crippen LogP contribution is -1.10. The van der Waals surface area contributed by atoms with Crippen molar-refractivity contribution in [2.45, 2.75) is 0 Å². The van der Waals surface area contributed by atoms with Crippen molar-refractivity contribution in [3.8, 4) is 0 Å². The molecule has 26 valence electrons. The molecule has 0 aromatic heterocycles. The van der Waals surface area contributed by atoms with E-state index in [1.54, 1.807) is 0 Å². The zero-order valence-electron chi connectivity index (χ0n) is 1.58. The largest absolute Gasteiger partial charge is 0.456 e. The first-order chi connectivity index (χ1) is 1.73. The SMILES string of the molecule is FP(F)F. The van der Waals surface area contributed by atoms with Gasteiger partial charge in [0.25, 0.3) is 0 Å². The van der Waals surface area contributed by atoms with Gasteiger partial charge in [0.1, 0.15) is 0 Å². The van der Waals surface area contributed by atoms with Gasteiger partial charge in [0.05, 0.1) is 0 Å². The average Bonchev–Trinajstić information content (AvgIpc) is 0.811. The van der Waals surface area contributed by atoms with Crippen molar-refractivity contribution >= 4 is 8.85 Å². The van der Waals surface area contributed by atoms with Crippen molar-refractivity contribution < 1.29 is 12.6 Å². The van der Waals surface area contributed by atoms with Gasteiger partial charge in [-0.2, -0.15) is 12.6 Å². The second kappa shape index (κ2) is 1.53. The lowest BCUT2D eigenvalue weighted by atomic mass is 18.8. The Bertz CT molecular complexity index is 8.00. The monoisotopic (exact) mass is 88.0 g/mol. The van der Waals surface area contributed by atoms with Crippen molar-refractivity contribution in [2.24, 2.45) is 0 Å². The summed E-state index contributed by atoms with van der Waals surface area (Å²) in [4.78, 5) is 0.